The van der Waals surface area contributed by atoms with Gasteiger partial charge in [0.1, 0.15) is 6.61 Å². The smallest absolute Gasteiger partial charge is 0.237 e. The highest BCUT2D eigenvalue weighted by Crippen LogP contribution is 2.35. The number of carbonyl (C=O) groups is 1. The summed E-state index contributed by atoms with van der Waals surface area (Å²) in [6.07, 6.45) is 5.26. The number of methoxy groups -OCH3 is 1. The highest BCUT2D eigenvalue weighted by Gasteiger charge is 2.33. The summed E-state index contributed by atoms with van der Waals surface area (Å²) in [6.45, 7) is 9.70. The Kier molecular flexibility index (Phi) is 9.54. The van der Waals surface area contributed by atoms with E-state index in [1.165, 1.54) is 4.88 Å². The van der Waals surface area contributed by atoms with Gasteiger partial charge in [0, 0.05) is 24.5 Å². The normalized spacial score (nSPS) is 16.2. The zero-order valence-electron chi connectivity index (χ0n) is 19.3. The van der Waals surface area contributed by atoms with Gasteiger partial charge in [0.15, 0.2) is 11.5 Å². The van der Waals surface area contributed by atoms with Crippen LogP contribution in [0.15, 0.2) is 61.0 Å². The van der Waals surface area contributed by atoms with Gasteiger partial charge in [-0.15, -0.1) is 24.5 Å². The fourth-order valence-electron chi connectivity index (χ4n) is 4.15. The Morgan fingerprint density at radius 1 is 1.30 bits per heavy atom. The minimum atomic E-state index is -0.509. The molecule has 33 heavy (non-hydrogen) atoms. The molecule has 1 N–H and O–H groups in total. The predicted molar refractivity (Wildman–Crippen MR) is 133 cm³/mol. The van der Waals surface area contributed by atoms with Gasteiger partial charge in [-0.2, -0.15) is 0 Å². The second kappa shape index (κ2) is 12.6. The molecule has 178 valence electrons. The van der Waals surface area contributed by atoms with E-state index in [9.17, 15) is 9.90 Å². The van der Waals surface area contributed by atoms with Crippen molar-refractivity contribution in [3.05, 3.63) is 71.5 Å². The minimum absolute atomic E-state index is 0.0262. The van der Waals surface area contributed by atoms with E-state index in [0.717, 1.165) is 18.4 Å². The number of rotatable bonds is 13. The summed E-state index contributed by atoms with van der Waals surface area (Å²) >= 11 is 1.73. The number of nitrogens with zero attached hydrogens (tertiary/aromatic N) is 2. The Bertz CT molecular complexity index is 929. The summed E-state index contributed by atoms with van der Waals surface area (Å²) in [5.41, 5.74) is 1.15. The molecule has 3 rings (SSSR count). The van der Waals surface area contributed by atoms with E-state index in [1.54, 1.807) is 30.6 Å². The number of para-hydroxylation sites is 2. The second-order valence-electron chi connectivity index (χ2n) is 8.12. The molecule has 6 nitrogen and oxygen atoms in total. The Labute approximate surface area is 200 Å². The molecule has 2 aromatic rings. The number of fused-ring (bicyclic) bond motifs is 1. The number of hydrogen-bond acceptors (Lipinski definition) is 6. The van der Waals surface area contributed by atoms with Crippen molar-refractivity contribution in [2.45, 2.75) is 31.4 Å². The van der Waals surface area contributed by atoms with Crippen LogP contribution in [0.1, 0.15) is 29.3 Å². The minimum Gasteiger partial charge on any atom is -0.493 e. The van der Waals surface area contributed by atoms with Crippen molar-refractivity contribution in [2.75, 3.05) is 39.9 Å². The molecule has 2 heterocycles. The van der Waals surface area contributed by atoms with E-state index in [0.29, 0.717) is 44.2 Å². The van der Waals surface area contributed by atoms with Crippen molar-refractivity contribution in [1.29, 1.82) is 0 Å². The van der Waals surface area contributed by atoms with Gasteiger partial charge in [-0.3, -0.25) is 9.69 Å². The maximum Gasteiger partial charge on any atom is 0.237 e. The molecule has 1 aliphatic heterocycles. The van der Waals surface area contributed by atoms with E-state index in [4.69, 9.17) is 9.47 Å². The maximum atomic E-state index is 13.4. The molecular formula is C26H34N2O4S. The summed E-state index contributed by atoms with van der Waals surface area (Å²) in [5.74, 6) is 1.36. The molecule has 0 saturated carbocycles. The summed E-state index contributed by atoms with van der Waals surface area (Å²) in [7, 11) is 1.62. The van der Waals surface area contributed by atoms with E-state index in [1.807, 2.05) is 34.1 Å². The van der Waals surface area contributed by atoms with E-state index >= 15 is 0 Å². The molecule has 1 aromatic carbocycles. The number of carbonyl (C=O) groups excluding carboxylic acids is 1. The number of ether oxygens (including phenoxy) is 2. The molecule has 0 radical (unpaired) electrons. The van der Waals surface area contributed by atoms with Crippen molar-refractivity contribution >= 4 is 17.2 Å². The van der Waals surface area contributed by atoms with Crippen LogP contribution in [0.25, 0.3) is 0 Å². The first-order chi connectivity index (χ1) is 16.1. The zero-order chi connectivity index (χ0) is 23.6. The first-order valence-corrected chi connectivity index (χ1v) is 12.2. The molecule has 0 fully saturated rings. The van der Waals surface area contributed by atoms with Crippen LogP contribution in [0.4, 0.5) is 0 Å². The number of hydrogen-bond donors (Lipinski definition) is 1. The van der Waals surface area contributed by atoms with Crippen LogP contribution in [-0.2, 0) is 11.2 Å². The average molecular weight is 471 g/mol. The predicted octanol–water partition coefficient (Wildman–Crippen LogP) is 4.08. The third-order valence-corrected chi connectivity index (χ3v) is 6.80. The maximum absolute atomic E-state index is 13.4. The summed E-state index contributed by atoms with van der Waals surface area (Å²) in [6, 6.07) is 9.46. The number of thiophene rings is 1. The Hall–Kier alpha value is -2.61. The number of benzene rings is 1. The van der Waals surface area contributed by atoms with Crippen LogP contribution in [0, 0.1) is 0 Å². The van der Waals surface area contributed by atoms with Crippen molar-refractivity contribution in [3.8, 4) is 11.5 Å². The van der Waals surface area contributed by atoms with Crippen LogP contribution in [0.5, 0.6) is 11.5 Å². The molecule has 2 unspecified atom stereocenters. The monoisotopic (exact) mass is 470 g/mol. The van der Waals surface area contributed by atoms with Crippen molar-refractivity contribution < 1.29 is 19.4 Å². The fourth-order valence-corrected chi connectivity index (χ4v) is 5.08. The average Bonchev–Trinajstić information content (AvgIpc) is 3.30. The van der Waals surface area contributed by atoms with Crippen molar-refractivity contribution in [2.24, 2.45) is 0 Å². The summed E-state index contributed by atoms with van der Waals surface area (Å²) in [4.78, 5) is 18.6. The Morgan fingerprint density at radius 2 is 2.09 bits per heavy atom. The second-order valence-corrected chi connectivity index (χ2v) is 9.12. The third kappa shape index (κ3) is 6.69. The fraction of sp³-hybridized carbons (Fsp3) is 0.423. The van der Waals surface area contributed by atoms with Crippen LogP contribution in [0.3, 0.4) is 0 Å². The van der Waals surface area contributed by atoms with Crippen LogP contribution in [-0.4, -0.2) is 66.8 Å². The molecule has 1 aliphatic rings. The van der Waals surface area contributed by atoms with Gasteiger partial charge in [0.2, 0.25) is 5.91 Å². The van der Waals surface area contributed by atoms with Crippen LogP contribution >= 0.6 is 11.3 Å². The first-order valence-electron chi connectivity index (χ1n) is 11.3. The number of aliphatic hydroxyl groups is 1. The quantitative estimate of drug-likeness (QED) is 0.447. The van der Waals surface area contributed by atoms with Gasteiger partial charge in [-0.1, -0.05) is 24.3 Å². The lowest BCUT2D eigenvalue weighted by atomic mass is 10.0. The standard InChI is InChI=1S/C26H34N2O4S/c1-4-6-9-20(29)17-27(14-5-2)18-26(30)28-15-12-25-21(13-16-33-25)22(28)19-32-24-11-8-7-10-23(24)31-3/h4-5,7-8,10-11,13,16,20,22,29H,1-2,6,9,12,14-15,17-19H2,3H3. The van der Waals surface area contributed by atoms with E-state index in [2.05, 4.69) is 24.6 Å². The van der Waals surface area contributed by atoms with Gasteiger partial charge in [-0.25, -0.2) is 0 Å². The number of allylic oxidation sites excluding steroid dienone is 1. The first kappa shape index (κ1) is 25.0. The SMILES string of the molecule is C=CCCC(O)CN(CC=C)CC(=O)N1CCc2sccc2C1COc1ccccc1OC. The number of aliphatic hydroxyl groups excluding tert-OH is 1. The van der Waals surface area contributed by atoms with Gasteiger partial charge in [0.05, 0.1) is 25.8 Å². The molecule has 0 spiro atoms. The Balaban J connectivity index is 1.72. The lowest BCUT2D eigenvalue weighted by molar-refractivity contribution is -0.136. The summed E-state index contributed by atoms with van der Waals surface area (Å²) in [5, 5.41) is 12.4. The van der Waals surface area contributed by atoms with Gasteiger partial charge < -0.3 is 19.5 Å². The van der Waals surface area contributed by atoms with Crippen molar-refractivity contribution in [3.63, 3.8) is 0 Å². The highest BCUT2D eigenvalue weighted by molar-refractivity contribution is 7.10. The van der Waals surface area contributed by atoms with Gasteiger partial charge >= 0.3 is 0 Å². The zero-order valence-corrected chi connectivity index (χ0v) is 20.1. The van der Waals surface area contributed by atoms with Crippen molar-refractivity contribution in [1.82, 2.24) is 9.80 Å². The molecule has 7 heteroatoms. The molecule has 1 aromatic heterocycles. The molecule has 2 atom stereocenters. The third-order valence-electron chi connectivity index (χ3n) is 5.80. The van der Waals surface area contributed by atoms with Gasteiger partial charge in [0.25, 0.3) is 0 Å². The molecule has 0 bridgehead atoms. The topological polar surface area (TPSA) is 62.2 Å². The lowest BCUT2D eigenvalue weighted by Crippen LogP contribution is -2.47. The van der Waals surface area contributed by atoms with E-state index in [-0.39, 0.29) is 18.5 Å². The van der Waals surface area contributed by atoms with Crippen LogP contribution in [0.2, 0.25) is 0 Å². The largest absolute Gasteiger partial charge is 0.493 e. The Morgan fingerprint density at radius 3 is 2.82 bits per heavy atom. The van der Waals surface area contributed by atoms with Crippen LogP contribution < -0.4 is 9.47 Å². The highest BCUT2D eigenvalue weighted by atomic mass is 32.1. The molecule has 0 saturated heterocycles. The number of amides is 1. The molecular weight excluding hydrogens is 436 g/mol. The van der Waals surface area contributed by atoms with E-state index < -0.39 is 6.10 Å². The lowest BCUT2D eigenvalue weighted by Gasteiger charge is -2.37. The van der Waals surface area contributed by atoms with Gasteiger partial charge in [-0.05, 0) is 48.4 Å². The molecule has 0 aliphatic carbocycles. The summed E-state index contributed by atoms with van der Waals surface area (Å²) < 4.78 is 11.6. The molecule has 1 amide bonds.